The van der Waals surface area contributed by atoms with Gasteiger partial charge in [-0.3, -0.25) is 0 Å². The first kappa shape index (κ1) is 12.2. The van der Waals surface area contributed by atoms with Gasteiger partial charge in [-0.05, 0) is 50.4 Å². The van der Waals surface area contributed by atoms with E-state index < -0.39 is 0 Å². The number of hydrogen-bond donors (Lipinski definition) is 1. The molecule has 1 fully saturated rings. The minimum atomic E-state index is -0.126. The Hall–Kier alpha value is -0.300. The van der Waals surface area contributed by atoms with E-state index >= 15 is 0 Å². The Balaban J connectivity index is 2.26. The van der Waals surface area contributed by atoms with Gasteiger partial charge in [-0.25, -0.2) is 0 Å². The molecule has 3 unspecified atom stereocenters. The van der Waals surface area contributed by atoms with Gasteiger partial charge in [0, 0.05) is 5.41 Å². The lowest BCUT2D eigenvalue weighted by molar-refractivity contribution is -0.0175. The van der Waals surface area contributed by atoms with Crippen LogP contribution in [0.2, 0.25) is 0 Å². The van der Waals surface area contributed by atoms with Crippen molar-refractivity contribution in [2.45, 2.75) is 65.9 Å². The van der Waals surface area contributed by atoms with Gasteiger partial charge in [-0.15, -0.1) is 0 Å². The highest BCUT2D eigenvalue weighted by Gasteiger charge is 2.46. The number of fused-ring (bicyclic) bond motifs is 1. The van der Waals surface area contributed by atoms with Crippen LogP contribution < -0.4 is 0 Å². The quantitative estimate of drug-likeness (QED) is 0.616. The molecule has 1 nitrogen and oxygen atoms in total. The Kier molecular flexibility index (Phi) is 2.94. The van der Waals surface area contributed by atoms with Crippen LogP contribution >= 0.6 is 0 Å². The Labute approximate surface area is 99.9 Å². The van der Waals surface area contributed by atoms with E-state index in [-0.39, 0.29) is 11.5 Å². The second kappa shape index (κ2) is 3.87. The van der Waals surface area contributed by atoms with Gasteiger partial charge in [-0.1, -0.05) is 32.4 Å². The van der Waals surface area contributed by atoms with E-state index in [2.05, 4.69) is 33.8 Å². The maximum absolute atomic E-state index is 10.5. The first-order valence-electron chi connectivity index (χ1n) is 6.67. The number of aliphatic hydroxyl groups excluding tert-OH is 1. The van der Waals surface area contributed by atoms with Crippen molar-refractivity contribution in [1.29, 1.82) is 0 Å². The summed E-state index contributed by atoms with van der Waals surface area (Å²) >= 11 is 0. The molecule has 0 bridgehead atoms. The summed E-state index contributed by atoms with van der Waals surface area (Å²) in [5, 5.41) is 10.5. The van der Waals surface area contributed by atoms with Crippen LogP contribution in [-0.2, 0) is 0 Å². The summed E-state index contributed by atoms with van der Waals surface area (Å²) in [7, 11) is 0. The summed E-state index contributed by atoms with van der Waals surface area (Å²) in [6, 6.07) is 0. The van der Waals surface area contributed by atoms with Gasteiger partial charge in [0.25, 0.3) is 0 Å². The van der Waals surface area contributed by atoms with Crippen LogP contribution in [0, 0.1) is 16.7 Å². The van der Waals surface area contributed by atoms with Crippen molar-refractivity contribution in [1.82, 2.24) is 0 Å². The third-order valence-electron chi connectivity index (χ3n) is 5.07. The van der Waals surface area contributed by atoms with Gasteiger partial charge in [0.05, 0.1) is 6.10 Å². The van der Waals surface area contributed by atoms with Gasteiger partial charge >= 0.3 is 0 Å². The average molecular weight is 222 g/mol. The first-order valence-corrected chi connectivity index (χ1v) is 6.67. The number of hydrogen-bond acceptors (Lipinski definition) is 1. The van der Waals surface area contributed by atoms with Crippen LogP contribution in [0.25, 0.3) is 0 Å². The van der Waals surface area contributed by atoms with Crippen LogP contribution in [0.15, 0.2) is 11.6 Å². The van der Waals surface area contributed by atoms with Crippen molar-refractivity contribution >= 4 is 0 Å². The smallest absolute Gasteiger partial charge is 0.0604 e. The molecule has 92 valence electrons. The summed E-state index contributed by atoms with van der Waals surface area (Å²) in [5.74, 6) is 0.689. The monoisotopic (exact) mass is 222 g/mol. The standard InChI is InChI=1S/C15H26O/c1-11-5-8-15(4)12(9-11)6-7-14(2,3)10-13(15)16/h5,12-13,16H,6-10H2,1-4H3. The van der Waals surface area contributed by atoms with Gasteiger partial charge < -0.3 is 5.11 Å². The number of rotatable bonds is 0. The molecule has 1 heteroatoms. The van der Waals surface area contributed by atoms with Crippen LogP contribution in [0.3, 0.4) is 0 Å². The Morgan fingerprint density at radius 1 is 1.31 bits per heavy atom. The summed E-state index contributed by atoms with van der Waals surface area (Å²) in [6.45, 7) is 9.14. The Morgan fingerprint density at radius 3 is 2.69 bits per heavy atom. The predicted octanol–water partition coefficient (Wildman–Crippen LogP) is 3.92. The number of aliphatic hydroxyl groups is 1. The molecule has 0 spiro atoms. The van der Waals surface area contributed by atoms with Gasteiger partial charge in [0.1, 0.15) is 0 Å². The molecule has 0 aromatic carbocycles. The Morgan fingerprint density at radius 2 is 2.00 bits per heavy atom. The van der Waals surface area contributed by atoms with E-state index in [1.807, 2.05) is 0 Å². The highest BCUT2D eigenvalue weighted by molar-refractivity contribution is 5.12. The van der Waals surface area contributed by atoms with Crippen LogP contribution in [-0.4, -0.2) is 11.2 Å². The van der Waals surface area contributed by atoms with E-state index in [9.17, 15) is 5.11 Å². The normalized spacial score (nSPS) is 43.2. The van der Waals surface area contributed by atoms with Crippen molar-refractivity contribution in [3.05, 3.63) is 11.6 Å². The van der Waals surface area contributed by atoms with Crippen molar-refractivity contribution in [2.24, 2.45) is 16.7 Å². The molecule has 0 aromatic heterocycles. The zero-order valence-corrected chi connectivity index (χ0v) is 11.2. The molecule has 1 saturated carbocycles. The molecule has 16 heavy (non-hydrogen) atoms. The fraction of sp³-hybridized carbons (Fsp3) is 0.867. The van der Waals surface area contributed by atoms with Gasteiger partial charge in [-0.2, -0.15) is 0 Å². The topological polar surface area (TPSA) is 20.2 Å². The van der Waals surface area contributed by atoms with Gasteiger partial charge in [0.15, 0.2) is 0 Å². The van der Waals surface area contributed by atoms with E-state index in [1.165, 1.54) is 24.8 Å². The zero-order valence-electron chi connectivity index (χ0n) is 11.2. The third kappa shape index (κ3) is 2.07. The molecular formula is C15H26O. The molecule has 0 saturated heterocycles. The highest BCUT2D eigenvalue weighted by Crippen LogP contribution is 2.52. The fourth-order valence-electron chi connectivity index (χ4n) is 3.53. The third-order valence-corrected chi connectivity index (χ3v) is 5.07. The molecule has 0 radical (unpaired) electrons. The lowest BCUT2D eigenvalue weighted by atomic mass is 9.64. The highest BCUT2D eigenvalue weighted by atomic mass is 16.3. The second-order valence-electron chi connectivity index (χ2n) is 7.08. The van der Waals surface area contributed by atoms with Crippen molar-refractivity contribution in [3.63, 3.8) is 0 Å². The molecule has 2 aliphatic carbocycles. The largest absolute Gasteiger partial charge is 0.393 e. The summed E-state index contributed by atoms with van der Waals surface area (Å²) < 4.78 is 0. The van der Waals surface area contributed by atoms with Crippen molar-refractivity contribution in [2.75, 3.05) is 0 Å². The lowest BCUT2D eigenvalue weighted by Gasteiger charge is -2.43. The second-order valence-corrected chi connectivity index (χ2v) is 7.08. The minimum absolute atomic E-state index is 0.126. The van der Waals surface area contributed by atoms with Crippen LogP contribution in [0.1, 0.15) is 59.8 Å². The molecule has 2 aliphatic rings. The predicted molar refractivity (Wildman–Crippen MR) is 68.2 cm³/mol. The SMILES string of the molecule is CC1=CCC2(C)C(O)CC(C)(C)CCC2C1. The van der Waals surface area contributed by atoms with Crippen molar-refractivity contribution in [3.8, 4) is 0 Å². The molecule has 0 amide bonds. The van der Waals surface area contributed by atoms with Crippen LogP contribution in [0.4, 0.5) is 0 Å². The molecule has 0 heterocycles. The Bertz CT molecular complexity index is 303. The molecule has 3 atom stereocenters. The zero-order chi connectivity index (χ0) is 12.0. The summed E-state index contributed by atoms with van der Waals surface area (Å²) in [5.41, 5.74) is 1.97. The maximum Gasteiger partial charge on any atom is 0.0604 e. The molecule has 1 N–H and O–H groups in total. The summed E-state index contributed by atoms with van der Waals surface area (Å²) in [6.07, 6.45) is 8.00. The summed E-state index contributed by atoms with van der Waals surface area (Å²) in [4.78, 5) is 0. The number of allylic oxidation sites excluding steroid dienone is 2. The first-order chi connectivity index (χ1) is 7.33. The van der Waals surface area contributed by atoms with E-state index in [0.717, 1.165) is 12.8 Å². The van der Waals surface area contributed by atoms with Gasteiger partial charge in [0.2, 0.25) is 0 Å². The molecule has 0 aliphatic heterocycles. The maximum atomic E-state index is 10.5. The van der Waals surface area contributed by atoms with Crippen molar-refractivity contribution < 1.29 is 5.11 Å². The minimum Gasteiger partial charge on any atom is -0.393 e. The van der Waals surface area contributed by atoms with E-state index in [4.69, 9.17) is 0 Å². The average Bonchev–Trinajstić information content (AvgIpc) is 2.26. The molecule has 2 rings (SSSR count). The molecule has 0 aromatic rings. The van der Waals surface area contributed by atoms with E-state index in [1.54, 1.807) is 0 Å². The van der Waals surface area contributed by atoms with Crippen LogP contribution in [0.5, 0.6) is 0 Å². The molecular weight excluding hydrogens is 196 g/mol. The fourth-order valence-corrected chi connectivity index (χ4v) is 3.53. The lowest BCUT2D eigenvalue weighted by Crippen LogP contribution is -2.40. The van der Waals surface area contributed by atoms with E-state index in [0.29, 0.717) is 11.3 Å².